The van der Waals surface area contributed by atoms with Gasteiger partial charge in [-0.25, -0.2) is 9.69 Å². The van der Waals surface area contributed by atoms with E-state index in [9.17, 15) is 14.4 Å². The van der Waals surface area contributed by atoms with Crippen LogP contribution in [0.25, 0.3) is 0 Å². The first-order valence-corrected chi connectivity index (χ1v) is 13.5. The number of amides is 4. The Bertz CT molecular complexity index is 1250. The van der Waals surface area contributed by atoms with E-state index in [2.05, 4.69) is 5.32 Å². The Labute approximate surface area is 219 Å². The van der Waals surface area contributed by atoms with Gasteiger partial charge in [0.05, 0.1) is 24.6 Å². The molecule has 6 nitrogen and oxygen atoms in total. The highest BCUT2D eigenvalue weighted by atomic mass is 35.5. The lowest BCUT2D eigenvalue weighted by Crippen LogP contribution is -2.62. The summed E-state index contributed by atoms with van der Waals surface area (Å²) in [6.07, 6.45) is 3.84. The maximum atomic E-state index is 13.7. The second-order valence-electron chi connectivity index (χ2n) is 9.37. The standard InChI is InChI=1S/C28H28ClN3O3S/c29-21-6-3-5-20(15-21)18-31-25-9-2-1-8-24(25)27(34)32(28(31)35)22-12-10-19(11-13-22)16-26(33)30-17-23-7-4-14-36-23/h3-7,10-15,24-25H,1-2,8-9,16-18H2,(H,30,33). The zero-order chi connectivity index (χ0) is 25.1. The van der Waals surface area contributed by atoms with Crippen LogP contribution in [0.15, 0.2) is 66.0 Å². The highest BCUT2D eigenvalue weighted by Gasteiger charge is 2.47. The average Bonchev–Trinajstić information content (AvgIpc) is 3.40. The van der Waals surface area contributed by atoms with Crippen molar-refractivity contribution >= 4 is 46.5 Å². The summed E-state index contributed by atoms with van der Waals surface area (Å²) in [5.74, 6) is -0.411. The van der Waals surface area contributed by atoms with Gasteiger partial charge in [-0.1, -0.05) is 54.8 Å². The van der Waals surface area contributed by atoms with Gasteiger partial charge in [0.15, 0.2) is 0 Å². The normalized spacial score (nSPS) is 19.8. The molecule has 4 amide bonds. The van der Waals surface area contributed by atoms with Crippen molar-refractivity contribution in [2.24, 2.45) is 5.92 Å². The van der Waals surface area contributed by atoms with E-state index in [1.165, 1.54) is 4.90 Å². The summed E-state index contributed by atoms with van der Waals surface area (Å²) >= 11 is 7.79. The number of nitrogens with one attached hydrogen (secondary N) is 1. The lowest BCUT2D eigenvalue weighted by Gasteiger charge is -2.46. The molecular formula is C28H28ClN3O3S. The van der Waals surface area contributed by atoms with Crippen molar-refractivity contribution in [2.75, 3.05) is 4.90 Å². The minimum Gasteiger partial charge on any atom is -0.351 e. The first kappa shape index (κ1) is 24.5. The van der Waals surface area contributed by atoms with E-state index in [0.29, 0.717) is 23.8 Å². The smallest absolute Gasteiger partial charge is 0.331 e. The minimum atomic E-state index is -0.301. The second kappa shape index (κ2) is 10.8. The molecule has 0 spiro atoms. The summed E-state index contributed by atoms with van der Waals surface area (Å²) in [4.78, 5) is 43.8. The number of anilines is 1. The van der Waals surface area contributed by atoms with E-state index >= 15 is 0 Å². The number of carbonyl (C=O) groups is 3. The summed E-state index contributed by atoms with van der Waals surface area (Å²) in [6.45, 7) is 0.920. The van der Waals surface area contributed by atoms with Gasteiger partial charge in [0.2, 0.25) is 11.8 Å². The first-order chi connectivity index (χ1) is 17.5. The Hall–Kier alpha value is -3.16. The molecule has 1 aliphatic carbocycles. The minimum absolute atomic E-state index is 0.0704. The number of imide groups is 1. The number of rotatable bonds is 7. The van der Waals surface area contributed by atoms with Crippen molar-refractivity contribution in [1.29, 1.82) is 0 Å². The van der Waals surface area contributed by atoms with Crippen LogP contribution in [0.2, 0.25) is 5.02 Å². The van der Waals surface area contributed by atoms with Crippen LogP contribution in [0, 0.1) is 5.92 Å². The summed E-state index contributed by atoms with van der Waals surface area (Å²) in [6, 6.07) is 18.2. The van der Waals surface area contributed by atoms with Crippen LogP contribution in [0.3, 0.4) is 0 Å². The number of nitrogens with zero attached hydrogens (tertiary/aromatic N) is 2. The van der Waals surface area contributed by atoms with E-state index in [1.54, 1.807) is 23.5 Å². The van der Waals surface area contributed by atoms with E-state index in [1.807, 2.05) is 58.8 Å². The van der Waals surface area contributed by atoms with Crippen molar-refractivity contribution in [3.05, 3.63) is 87.1 Å². The highest BCUT2D eigenvalue weighted by Crippen LogP contribution is 2.37. The van der Waals surface area contributed by atoms with Crippen LogP contribution < -0.4 is 10.2 Å². The Morgan fingerprint density at radius 3 is 2.56 bits per heavy atom. The van der Waals surface area contributed by atoms with Gasteiger partial charge in [-0.3, -0.25) is 9.59 Å². The molecule has 186 valence electrons. The van der Waals surface area contributed by atoms with Crippen molar-refractivity contribution in [1.82, 2.24) is 10.2 Å². The molecule has 1 aliphatic heterocycles. The van der Waals surface area contributed by atoms with Gasteiger partial charge in [-0.05, 0) is 59.7 Å². The van der Waals surface area contributed by atoms with E-state index in [0.717, 1.165) is 41.7 Å². The molecule has 2 heterocycles. The SMILES string of the molecule is O=C(Cc1ccc(N2C(=O)C3CCCCC3N(Cc3cccc(Cl)c3)C2=O)cc1)NCc1cccs1. The molecule has 5 rings (SSSR count). The number of urea groups is 1. The monoisotopic (exact) mass is 521 g/mol. The number of benzene rings is 2. The van der Waals surface area contributed by atoms with Crippen LogP contribution in [0.4, 0.5) is 10.5 Å². The van der Waals surface area contributed by atoms with Gasteiger partial charge in [0, 0.05) is 22.5 Å². The maximum Gasteiger partial charge on any atom is 0.331 e. The zero-order valence-electron chi connectivity index (χ0n) is 19.9. The molecule has 1 saturated heterocycles. The molecule has 1 N–H and O–H groups in total. The Kier molecular flexibility index (Phi) is 7.39. The number of hydrogen-bond donors (Lipinski definition) is 1. The fraction of sp³-hybridized carbons (Fsp3) is 0.321. The maximum absolute atomic E-state index is 13.7. The van der Waals surface area contributed by atoms with E-state index in [-0.39, 0.29) is 36.2 Å². The summed E-state index contributed by atoms with van der Waals surface area (Å²) in [7, 11) is 0. The molecule has 0 radical (unpaired) electrons. The van der Waals surface area contributed by atoms with Gasteiger partial charge >= 0.3 is 6.03 Å². The Balaban J connectivity index is 1.32. The fourth-order valence-corrected chi connectivity index (χ4v) is 6.02. The predicted molar refractivity (Wildman–Crippen MR) is 142 cm³/mol. The highest BCUT2D eigenvalue weighted by molar-refractivity contribution is 7.09. The molecule has 1 saturated carbocycles. The third-order valence-corrected chi connectivity index (χ3v) is 8.06. The molecule has 2 unspecified atom stereocenters. The molecule has 0 bridgehead atoms. The number of carbonyl (C=O) groups excluding carboxylic acids is 3. The number of thiophene rings is 1. The molecule has 3 aromatic rings. The van der Waals surface area contributed by atoms with Crippen LogP contribution in [0.1, 0.15) is 41.7 Å². The molecule has 36 heavy (non-hydrogen) atoms. The Morgan fingerprint density at radius 2 is 1.81 bits per heavy atom. The van der Waals surface area contributed by atoms with Gasteiger partial charge < -0.3 is 10.2 Å². The molecule has 2 aromatic carbocycles. The fourth-order valence-electron chi connectivity index (χ4n) is 5.17. The molecule has 8 heteroatoms. The van der Waals surface area contributed by atoms with Crippen molar-refractivity contribution in [3.63, 3.8) is 0 Å². The topological polar surface area (TPSA) is 69.7 Å². The van der Waals surface area contributed by atoms with Gasteiger partial charge in [-0.2, -0.15) is 0 Å². The largest absolute Gasteiger partial charge is 0.351 e. The second-order valence-corrected chi connectivity index (χ2v) is 10.8. The van der Waals surface area contributed by atoms with Crippen molar-refractivity contribution in [2.45, 2.75) is 51.2 Å². The molecule has 1 aromatic heterocycles. The molecule has 2 fully saturated rings. The summed E-state index contributed by atoms with van der Waals surface area (Å²) < 4.78 is 0. The van der Waals surface area contributed by atoms with E-state index < -0.39 is 0 Å². The van der Waals surface area contributed by atoms with Crippen LogP contribution in [-0.2, 0) is 29.1 Å². The zero-order valence-corrected chi connectivity index (χ0v) is 21.4. The van der Waals surface area contributed by atoms with Crippen LogP contribution in [0.5, 0.6) is 0 Å². The average molecular weight is 522 g/mol. The number of hydrogen-bond acceptors (Lipinski definition) is 4. The van der Waals surface area contributed by atoms with E-state index in [4.69, 9.17) is 11.6 Å². The third-order valence-electron chi connectivity index (χ3n) is 6.95. The lowest BCUT2D eigenvalue weighted by atomic mass is 9.81. The van der Waals surface area contributed by atoms with Gasteiger partial charge in [-0.15, -0.1) is 11.3 Å². The lowest BCUT2D eigenvalue weighted by molar-refractivity contribution is -0.127. The third kappa shape index (κ3) is 5.32. The number of halogens is 1. The predicted octanol–water partition coefficient (Wildman–Crippen LogP) is 5.79. The molecule has 2 aliphatic rings. The summed E-state index contributed by atoms with van der Waals surface area (Å²) in [5.41, 5.74) is 2.30. The quantitative estimate of drug-likeness (QED) is 0.428. The van der Waals surface area contributed by atoms with Crippen molar-refractivity contribution < 1.29 is 14.4 Å². The first-order valence-electron chi connectivity index (χ1n) is 12.3. The molecular weight excluding hydrogens is 494 g/mol. The van der Waals surface area contributed by atoms with Crippen LogP contribution in [-0.4, -0.2) is 28.8 Å². The van der Waals surface area contributed by atoms with Crippen LogP contribution >= 0.6 is 22.9 Å². The Morgan fingerprint density at radius 1 is 1.00 bits per heavy atom. The number of fused-ring (bicyclic) bond motifs is 1. The van der Waals surface area contributed by atoms with Gasteiger partial charge in [0.25, 0.3) is 0 Å². The van der Waals surface area contributed by atoms with Crippen molar-refractivity contribution in [3.8, 4) is 0 Å². The van der Waals surface area contributed by atoms with Gasteiger partial charge in [0.1, 0.15) is 0 Å². The summed E-state index contributed by atoms with van der Waals surface area (Å²) in [5, 5.41) is 5.53. The molecule has 2 atom stereocenters.